The number of allylic oxidation sites excluding steroid dienone is 3. The molecule has 0 saturated carbocycles. The van der Waals surface area contributed by atoms with E-state index in [-0.39, 0.29) is 0 Å². The van der Waals surface area contributed by atoms with Crippen LogP contribution in [0.1, 0.15) is 5.56 Å². The van der Waals surface area contributed by atoms with Crippen molar-refractivity contribution in [1.29, 1.82) is 0 Å². The number of para-hydroxylation sites is 2. The largest absolute Gasteiger partial charge is 0.308 e. The highest BCUT2D eigenvalue weighted by molar-refractivity contribution is 5.81. The Labute approximate surface area is 171 Å². The number of aromatic nitrogens is 2. The lowest BCUT2D eigenvalue weighted by Crippen LogP contribution is -2.21. The first kappa shape index (κ1) is 17.5. The van der Waals surface area contributed by atoms with Crippen LogP contribution in [0.4, 0.5) is 11.6 Å². The number of rotatable bonds is 2. The van der Waals surface area contributed by atoms with Crippen molar-refractivity contribution in [2.45, 2.75) is 13.5 Å². The zero-order valence-corrected chi connectivity index (χ0v) is 16.5. The highest BCUT2D eigenvalue weighted by Crippen LogP contribution is 2.32. The van der Waals surface area contributed by atoms with Gasteiger partial charge in [0, 0.05) is 18.8 Å². The topological polar surface area (TPSA) is 21.1 Å². The van der Waals surface area contributed by atoms with Gasteiger partial charge in [-0.25, -0.2) is 4.98 Å². The van der Waals surface area contributed by atoms with Crippen LogP contribution in [0.3, 0.4) is 0 Å². The Kier molecular flexibility index (Phi) is 4.49. The van der Waals surface area contributed by atoms with Gasteiger partial charge in [-0.15, -0.1) is 0 Å². The summed E-state index contributed by atoms with van der Waals surface area (Å²) in [6.07, 6.45) is 8.60. The van der Waals surface area contributed by atoms with Crippen LogP contribution in [0, 0.1) is 6.92 Å². The molecule has 0 unspecified atom stereocenters. The fourth-order valence-electron chi connectivity index (χ4n) is 3.92. The van der Waals surface area contributed by atoms with Crippen molar-refractivity contribution in [2.75, 3.05) is 11.4 Å². The van der Waals surface area contributed by atoms with Crippen LogP contribution in [0.25, 0.3) is 22.2 Å². The van der Waals surface area contributed by atoms with Crippen molar-refractivity contribution in [3.8, 4) is 11.1 Å². The minimum absolute atomic E-state index is 0.769. The Hall–Kier alpha value is -3.59. The summed E-state index contributed by atoms with van der Waals surface area (Å²) in [5, 5.41) is 0. The van der Waals surface area contributed by atoms with Gasteiger partial charge >= 0.3 is 0 Å². The predicted octanol–water partition coefficient (Wildman–Crippen LogP) is 6.28. The third-order valence-corrected chi connectivity index (χ3v) is 5.34. The second-order valence-electron chi connectivity index (χ2n) is 7.40. The maximum Gasteiger partial charge on any atom is 0.211 e. The molecule has 1 aliphatic heterocycles. The molecule has 29 heavy (non-hydrogen) atoms. The van der Waals surface area contributed by atoms with E-state index in [2.05, 4.69) is 107 Å². The van der Waals surface area contributed by atoms with E-state index >= 15 is 0 Å². The van der Waals surface area contributed by atoms with Crippen LogP contribution in [0.5, 0.6) is 0 Å². The highest BCUT2D eigenvalue weighted by atomic mass is 15.3. The quantitative estimate of drug-likeness (QED) is 0.410. The average molecular weight is 377 g/mol. The molecule has 4 aromatic rings. The van der Waals surface area contributed by atoms with E-state index in [0.717, 1.165) is 35.8 Å². The summed E-state index contributed by atoms with van der Waals surface area (Å²) in [7, 11) is 0. The van der Waals surface area contributed by atoms with E-state index in [4.69, 9.17) is 4.98 Å². The normalized spacial score (nSPS) is 13.8. The highest BCUT2D eigenvalue weighted by Gasteiger charge is 2.18. The maximum absolute atomic E-state index is 4.99. The second kappa shape index (κ2) is 7.44. The van der Waals surface area contributed by atoms with Crippen molar-refractivity contribution in [1.82, 2.24) is 9.55 Å². The Morgan fingerprint density at radius 1 is 0.759 bits per heavy atom. The average Bonchev–Trinajstić information content (AvgIpc) is 3.15. The molecule has 2 heterocycles. The Balaban J connectivity index is 1.65. The van der Waals surface area contributed by atoms with Crippen molar-refractivity contribution >= 4 is 22.7 Å². The van der Waals surface area contributed by atoms with Gasteiger partial charge in [-0.2, -0.15) is 0 Å². The van der Waals surface area contributed by atoms with Gasteiger partial charge in [-0.3, -0.25) is 0 Å². The SMILES string of the molecule is Cc1cccc(-c2cccc(N3CC=CC=CCn4c3nc3ccccc34)c2)c1. The number of benzene rings is 3. The van der Waals surface area contributed by atoms with Gasteiger partial charge in [0.2, 0.25) is 5.95 Å². The number of fused-ring (bicyclic) bond motifs is 3. The van der Waals surface area contributed by atoms with E-state index in [1.165, 1.54) is 16.7 Å². The summed E-state index contributed by atoms with van der Waals surface area (Å²) < 4.78 is 2.29. The van der Waals surface area contributed by atoms with E-state index < -0.39 is 0 Å². The molecule has 3 aromatic carbocycles. The van der Waals surface area contributed by atoms with Gasteiger partial charge in [0.25, 0.3) is 0 Å². The lowest BCUT2D eigenvalue weighted by atomic mass is 10.0. The first-order chi connectivity index (χ1) is 14.3. The van der Waals surface area contributed by atoms with Gasteiger partial charge < -0.3 is 9.47 Å². The van der Waals surface area contributed by atoms with Crippen LogP contribution in [0.15, 0.2) is 97.1 Å². The smallest absolute Gasteiger partial charge is 0.211 e. The van der Waals surface area contributed by atoms with Crippen LogP contribution < -0.4 is 4.90 Å². The molecule has 0 N–H and O–H groups in total. The lowest BCUT2D eigenvalue weighted by molar-refractivity contribution is 0.823. The molecule has 0 fully saturated rings. The van der Waals surface area contributed by atoms with Crippen LogP contribution in [0.2, 0.25) is 0 Å². The molecule has 142 valence electrons. The molecule has 0 atom stereocenters. The summed E-state index contributed by atoms with van der Waals surface area (Å²) in [4.78, 5) is 7.29. The molecular formula is C26H23N3. The molecule has 0 spiro atoms. The molecule has 0 aliphatic carbocycles. The zero-order chi connectivity index (χ0) is 19.6. The first-order valence-corrected chi connectivity index (χ1v) is 10.0. The van der Waals surface area contributed by atoms with Crippen molar-refractivity contribution in [2.24, 2.45) is 0 Å². The van der Waals surface area contributed by atoms with Crippen LogP contribution in [-0.4, -0.2) is 16.1 Å². The number of hydrogen-bond donors (Lipinski definition) is 0. The summed E-state index contributed by atoms with van der Waals surface area (Å²) >= 11 is 0. The predicted molar refractivity (Wildman–Crippen MR) is 122 cm³/mol. The fourth-order valence-corrected chi connectivity index (χ4v) is 3.92. The molecule has 0 amide bonds. The second-order valence-corrected chi connectivity index (χ2v) is 7.40. The summed E-state index contributed by atoms with van der Waals surface area (Å²) in [5.74, 6) is 0.976. The summed E-state index contributed by atoms with van der Waals surface area (Å²) in [6.45, 7) is 3.70. The minimum Gasteiger partial charge on any atom is -0.308 e. The monoisotopic (exact) mass is 377 g/mol. The van der Waals surface area contributed by atoms with E-state index in [1.807, 2.05) is 6.07 Å². The number of hydrogen-bond acceptors (Lipinski definition) is 2. The van der Waals surface area contributed by atoms with Gasteiger partial charge in [0.15, 0.2) is 0 Å². The molecule has 0 saturated heterocycles. The molecule has 0 radical (unpaired) electrons. The number of aryl methyl sites for hydroxylation is 1. The lowest BCUT2D eigenvalue weighted by Gasteiger charge is -2.24. The zero-order valence-electron chi connectivity index (χ0n) is 16.5. The first-order valence-electron chi connectivity index (χ1n) is 10.0. The van der Waals surface area contributed by atoms with Crippen molar-refractivity contribution < 1.29 is 0 Å². The Bertz CT molecular complexity index is 1230. The molecule has 3 nitrogen and oxygen atoms in total. The third kappa shape index (κ3) is 3.36. The number of nitrogens with zero attached hydrogens (tertiary/aromatic N) is 3. The van der Waals surface area contributed by atoms with Crippen molar-refractivity contribution in [3.05, 3.63) is 103 Å². The van der Waals surface area contributed by atoms with Crippen LogP contribution in [-0.2, 0) is 6.54 Å². The Morgan fingerprint density at radius 3 is 2.38 bits per heavy atom. The number of imidazole rings is 1. The standard InChI is InChI=1S/C26H23N3/c1-20-10-8-11-21(18-20)22-12-9-13-23(19-22)28-16-6-2-3-7-17-29-25-15-5-4-14-24(25)27-26(28)29/h2-15,18-19H,16-17H2,1H3. The molecule has 1 aromatic heterocycles. The van der Waals surface area contributed by atoms with Gasteiger partial charge in [0.1, 0.15) is 0 Å². The summed E-state index contributed by atoms with van der Waals surface area (Å²) in [5.41, 5.74) is 7.06. The third-order valence-electron chi connectivity index (χ3n) is 5.34. The molecule has 0 bridgehead atoms. The van der Waals surface area contributed by atoms with Gasteiger partial charge in [-0.1, -0.05) is 78.4 Å². The molecule has 3 heteroatoms. The molecule has 1 aliphatic rings. The fraction of sp³-hybridized carbons (Fsp3) is 0.115. The van der Waals surface area contributed by atoms with Gasteiger partial charge in [-0.05, 0) is 42.3 Å². The van der Waals surface area contributed by atoms with E-state index in [9.17, 15) is 0 Å². The van der Waals surface area contributed by atoms with E-state index in [0.29, 0.717) is 0 Å². The number of anilines is 2. The maximum atomic E-state index is 4.99. The van der Waals surface area contributed by atoms with Gasteiger partial charge in [0.05, 0.1) is 11.0 Å². The summed E-state index contributed by atoms with van der Waals surface area (Å²) in [6, 6.07) is 25.8. The van der Waals surface area contributed by atoms with E-state index in [1.54, 1.807) is 0 Å². The molecular weight excluding hydrogens is 354 g/mol. The molecule has 5 rings (SSSR count). The minimum atomic E-state index is 0.769. The Morgan fingerprint density at radius 2 is 1.52 bits per heavy atom. The van der Waals surface area contributed by atoms with Crippen LogP contribution >= 0.6 is 0 Å². The van der Waals surface area contributed by atoms with Crippen molar-refractivity contribution in [3.63, 3.8) is 0 Å².